The summed E-state index contributed by atoms with van der Waals surface area (Å²) in [6.45, 7) is 11.7. The number of rotatable bonds is 3. The van der Waals surface area contributed by atoms with Crippen LogP contribution in [0.15, 0.2) is 30.6 Å². The van der Waals surface area contributed by atoms with Gasteiger partial charge in [-0.05, 0) is 76.7 Å². The van der Waals surface area contributed by atoms with Gasteiger partial charge >= 0.3 is 0 Å². The zero-order chi connectivity index (χ0) is 20.9. The summed E-state index contributed by atoms with van der Waals surface area (Å²) >= 11 is 6.29. The number of ether oxygens (including phenoxy) is 2. The molecule has 162 valence electrons. The van der Waals surface area contributed by atoms with Crippen molar-refractivity contribution < 1.29 is 9.47 Å². The normalized spacial score (nSPS) is 27.3. The number of benzene rings is 1. The van der Waals surface area contributed by atoms with E-state index in [-0.39, 0.29) is 17.1 Å². The molecule has 2 saturated heterocycles. The van der Waals surface area contributed by atoms with Crippen molar-refractivity contribution in [2.24, 2.45) is 11.3 Å². The average molecular weight is 430 g/mol. The standard InChI is InChI=1S/C24H32ClN3O2/c1-17-26-8-11-28(17)13-12-27-9-6-24(7-10-27)15-20-22(29-16-24)19-14-18(25)4-5-21(19)30-23(20,2)3/h4-5,8,11,14,20,22H,6-7,9-10,12-13,15-16H2,1-3H3/t20-,22+/m1/s1. The van der Waals surface area contributed by atoms with Crippen molar-refractivity contribution in [3.8, 4) is 5.75 Å². The zero-order valence-electron chi connectivity index (χ0n) is 18.2. The van der Waals surface area contributed by atoms with E-state index < -0.39 is 0 Å². The molecule has 3 aliphatic heterocycles. The molecular formula is C24H32ClN3O2. The second-order valence-corrected chi connectivity index (χ2v) is 10.4. The van der Waals surface area contributed by atoms with Crippen molar-refractivity contribution >= 4 is 11.6 Å². The monoisotopic (exact) mass is 429 g/mol. The van der Waals surface area contributed by atoms with E-state index in [1.807, 2.05) is 24.4 Å². The molecule has 1 spiro atoms. The third kappa shape index (κ3) is 3.65. The van der Waals surface area contributed by atoms with Gasteiger partial charge in [-0.2, -0.15) is 0 Å². The van der Waals surface area contributed by atoms with E-state index in [0.717, 1.165) is 61.4 Å². The van der Waals surface area contributed by atoms with Crippen LogP contribution in [0.1, 0.15) is 50.6 Å². The van der Waals surface area contributed by atoms with Gasteiger partial charge in [0.05, 0.1) is 12.7 Å². The molecule has 0 saturated carbocycles. The highest BCUT2D eigenvalue weighted by Gasteiger charge is 2.52. The lowest BCUT2D eigenvalue weighted by molar-refractivity contribution is -0.174. The summed E-state index contributed by atoms with van der Waals surface area (Å²) < 4.78 is 15.3. The Morgan fingerprint density at radius 2 is 2.00 bits per heavy atom. The number of likely N-dealkylation sites (tertiary alicyclic amines) is 1. The van der Waals surface area contributed by atoms with Crippen LogP contribution < -0.4 is 4.74 Å². The van der Waals surface area contributed by atoms with Crippen molar-refractivity contribution in [1.82, 2.24) is 14.5 Å². The highest BCUT2D eigenvalue weighted by Crippen LogP contribution is 2.55. The Morgan fingerprint density at radius 1 is 1.20 bits per heavy atom. The van der Waals surface area contributed by atoms with Gasteiger partial charge < -0.3 is 18.9 Å². The van der Waals surface area contributed by atoms with E-state index >= 15 is 0 Å². The summed E-state index contributed by atoms with van der Waals surface area (Å²) in [5.74, 6) is 2.36. The summed E-state index contributed by atoms with van der Waals surface area (Å²) in [4.78, 5) is 6.92. The summed E-state index contributed by atoms with van der Waals surface area (Å²) in [6, 6.07) is 5.93. The Balaban J connectivity index is 1.26. The summed E-state index contributed by atoms with van der Waals surface area (Å²) in [5, 5.41) is 0.751. The minimum Gasteiger partial charge on any atom is -0.487 e. The van der Waals surface area contributed by atoms with Gasteiger partial charge in [0.15, 0.2) is 0 Å². The lowest BCUT2D eigenvalue weighted by atomic mass is 9.64. The maximum Gasteiger partial charge on any atom is 0.126 e. The van der Waals surface area contributed by atoms with E-state index in [0.29, 0.717) is 5.92 Å². The molecule has 0 radical (unpaired) electrons. The molecule has 2 aromatic rings. The molecule has 30 heavy (non-hydrogen) atoms. The molecule has 0 aliphatic carbocycles. The molecule has 5 nitrogen and oxygen atoms in total. The molecule has 0 unspecified atom stereocenters. The minimum absolute atomic E-state index is 0.0790. The van der Waals surface area contributed by atoms with Crippen LogP contribution in [0, 0.1) is 18.3 Å². The Bertz CT molecular complexity index is 917. The molecule has 0 N–H and O–H groups in total. The molecule has 2 fully saturated rings. The number of nitrogens with zero attached hydrogens (tertiary/aromatic N) is 3. The predicted molar refractivity (Wildman–Crippen MR) is 118 cm³/mol. The molecule has 0 amide bonds. The average Bonchev–Trinajstić information content (AvgIpc) is 3.13. The van der Waals surface area contributed by atoms with Crippen LogP contribution in [0.25, 0.3) is 0 Å². The van der Waals surface area contributed by atoms with Gasteiger partial charge in [-0.3, -0.25) is 0 Å². The third-order valence-corrected chi connectivity index (χ3v) is 7.86. The third-order valence-electron chi connectivity index (χ3n) is 7.63. The molecule has 4 heterocycles. The van der Waals surface area contributed by atoms with Gasteiger partial charge in [0.2, 0.25) is 0 Å². The first-order valence-electron chi connectivity index (χ1n) is 11.2. The minimum atomic E-state index is -0.241. The summed E-state index contributed by atoms with van der Waals surface area (Å²) in [7, 11) is 0. The van der Waals surface area contributed by atoms with E-state index in [2.05, 4.69) is 41.4 Å². The van der Waals surface area contributed by atoms with Crippen LogP contribution in [0.5, 0.6) is 5.75 Å². The van der Waals surface area contributed by atoms with Gasteiger partial charge in [-0.15, -0.1) is 0 Å². The van der Waals surface area contributed by atoms with Crippen LogP contribution >= 0.6 is 11.6 Å². The van der Waals surface area contributed by atoms with Crippen LogP contribution in [0.2, 0.25) is 5.02 Å². The first kappa shape index (κ1) is 20.3. The SMILES string of the molecule is Cc1nccn1CCN1CCC2(CC1)CO[C@H]1c3cc(Cl)ccc3OC(C)(C)[C@@H]1C2. The van der Waals surface area contributed by atoms with E-state index in [1.54, 1.807) is 0 Å². The van der Waals surface area contributed by atoms with E-state index in [4.69, 9.17) is 21.1 Å². The number of halogens is 1. The van der Waals surface area contributed by atoms with Gasteiger partial charge in [0.25, 0.3) is 0 Å². The smallest absolute Gasteiger partial charge is 0.126 e. The fraction of sp³-hybridized carbons (Fsp3) is 0.625. The molecule has 5 rings (SSSR count). The fourth-order valence-corrected chi connectivity index (χ4v) is 5.79. The number of aryl methyl sites for hydroxylation is 1. The van der Waals surface area contributed by atoms with E-state index in [1.165, 1.54) is 12.8 Å². The quantitative estimate of drug-likeness (QED) is 0.697. The number of hydrogen-bond acceptors (Lipinski definition) is 4. The topological polar surface area (TPSA) is 39.5 Å². The van der Waals surface area contributed by atoms with Crippen LogP contribution in [-0.2, 0) is 11.3 Å². The summed E-state index contributed by atoms with van der Waals surface area (Å²) in [6.07, 6.45) is 7.58. The molecule has 1 aromatic carbocycles. The Labute approximate surface area is 184 Å². The van der Waals surface area contributed by atoms with Crippen molar-refractivity contribution in [3.05, 3.63) is 47.0 Å². The first-order valence-corrected chi connectivity index (χ1v) is 11.5. The van der Waals surface area contributed by atoms with Crippen LogP contribution in [0.3, 0.4) is 0 Å². The Hall–Kier alpha value is -1.56. The highest BCUT2D eigenvalue weighted by molar-refractivity contribution is 6.30. The van der Waals surface area contributed by atoms with Crippen LogP contribution in [0.4, 0.5) is 0 Å². The second kappa shape index (κ2) is 7.54. The van der Waals surface area contributed by atoms with Crippen molar-refractivity contribution in [3.63, 3.8) is 0 Å². The van der Waals surface area contributed by atoms with Crippen molar-refractivity contribution in [2.45, 2.75) is 58.3 Å². The maximum atomic E-state index is 6.59. The Morgan fingerprint density at radius 3 is 2.73 bits per heavy atom. The number of imidazole rings is 1. The summed E-state index contributed by atoms with van der Waals surface area (Å²) in [5.41, 5.74) is 1.14. The Kier molecular flexibility index (Phi) is 5.11. The molecule has 0 bridgehead atoms. The predicted octanol–water partition coefficient (Wildman–Crippen LogP) is 4.88. The number of hydrogen-bond donors (Lipinski definition) is 0. The van der Waals surface area contributed by atoms with Gasteiger partial charge in [0.1, 0.15) is 17.2 Å². The highest BCUT2D eigenvalue weighted by atomic mass is 35.5. The first-order chi connectivity index (χ1) is 14.4. The molecular weight excluding hydrogens is 398 g/mol. The van der Waals surface area contributed by atoms with Crippen molar-refractivity contribution in [1.29, 1.82) is 0 Å². The van der Waals surface area contributed by atoms with Crippen LogP contribution in [-0.4, -0.2) is 46.3 Å². The zero-order valence-corrected chi connectivity index (χ0v) is 19.0. The largest absolute Gasteiger partial charge is 0.487 e. The lowest BCUT2D eigenvalue weighted by Crippen LogP contribution is -2.54. The van der Waals surface area contributed by atoms with Gasteiger partial charge in [-0.1, -0.05) is 11.6 Å². The molecule has 1 aromatic heterocycles. The van der Waals surface area contributed by atoms with E-state index in [9.17, 15) is 0 Å². The molecule has 3 aliphatic rings. The number of aromatic nitrogens is 2. The maximum absolute atomic E-state index is 6.59. The van der Waals surface area contributed by atoms with Gasteiger partial charge in [-0.25, -0.2) is 4.98 Å². The second-order valence-electron chi connectivity index (χ2n) is 9.94. The van der Waals surface area contributed by atoms with Crippen molar-refractivity contribution in [2.75, 3.05) is 26.2 Å². The fourth-order valence-electron chi connectivity index (χ4n) is 5.61. The molecule has 2 atom stereocenters. The molecule has 6 heteroatoms. The lowest BCUT2D eigenvalue weighted by Gasteiger charge is -2.54. The number of fused-ring (bicyclic) bond motifs is 3. The van der Waals surface area contributed by atoms with Gasteiger partial charge in [0, 0.05) is 42.0 Å². The number of piperidine rings is 1.